The largest absolute Gasteiger partial charge is 0.0840 e. The molecule has 0 saturated heterocycles. The summed E-state index contributed by atoms with van der Waals surface area (Å²) in [7, 11) is 0. The van der Waals surface area contributed by atoms with E-state index in [1.165, 1.54) is 33.4 Å². The summed E-state index contributed by atoms with van der Waals surface area (Å²) in [5, 5.41) is 0.831. The molecule has 3 rings (SSSR count). The quantitative estimate of drug-likeness (QED) is 0.500. The summed E-state index contributed by atoms with van der Waals surface area (Å²) in [4.78, 5) is 0. The minimum atomic E-state index is 0.831. The summed E-state index contributed by atoms with van der Waals surface area (Å²) in [6.45, 7) is 6.31. The van der Waals surface area contributed by atoms with E-state index in [1.54, 1.807) is 0 Å². The molecule has 0 fully saturated rings. The summed E-state index contributed by atoms with van der Waals surface area (Å²) in [6, 6.07) is 21.5. The van der Waals surface area contributed by atoms with Gasteiger partial charge in [0.1, 0.15) is 0 Å². The van der Waals surface area contributed by atoms with E-state index in [2.05, 4.69) is 75.4 Å². The second kappa shape index (κ2) is 5.98. The molecule has 0 unspecified atom stereocenters. The van der Waals surface area contributed by atoms with E-state index < -0.39 is 0 Å². The van der Waals surface area contributed by atoms with Crippen molar-refractivity contribution in [3.05, 3.63) is 82.4 Å². The van der Waals surface area contributed by atoms with Gasteiger partial charge in [-0.15, -0.1) is 0 Å². The smallest absolute Gasteiger partial charge is 0.0438 e. The Labute approximate surface area is 137 Å². The maximum atomic E-state index is 6.19. The molecular formula is C21H19Cl. The molecule has 0 aliphatic heterocycles. The molecule has 0 spiro atoms. The van der Waals surface area contributed by atoms with Crippen LogP contribution in [0.3, 0.4) is 0 Å². The SMILES string of the molecule is Cc1ccc(-c2ccc(-c3ccc(Cl)c(C)c3C)cc2)cc1. The van der Waals surface area contributed by atoms with Crippen molar-refractivity contribution >= 4 is 11.6 Å². The number of halogens is 1. The van der Waals surface area contributed by atoms with Crippen molar-refractivity contribution in [3.63, 3.8) is 0 Å². The first kappa shape index (κ1) is 14.9. The average Bonchev–Trinajstić information content (AvgIpc) is 2.54. The molecule has 0 nitrogen and oxygen atoms in total. The van der Waals surface area contributed by atoms with Gasteiger partial charge in [-0.25, -0.2) is 0 Å². The molecule has 3 aromatic carbocycles. The summed E-state index contributed by atoms with van der Waals surface area (Å²) in [5.41, 5.74) is 8.66. The van der Waals surface area contributed by atoms with Crippen LogP contribution in [0.15, 0.2) is 60.7 Å². The van der Waals surface area contributed by atoms with Crippen molar-refractivity contribution in [2.24, 2.45) is 0 Å². The van der Waals surface area contributed by atoms with Crippen molar-refractivity contribution in [2.75, 3.05) is 0 Å². The van der Waals surface area contributed by atoms with Gasteiger partial charge in [0.05, 0.1) is 0 Å². The maximum Gasteiger partial charge on any atom is 0.0438 e. The zero-order valence-electron chi connectivity index (χ0n) is 13.2. The second-order valence-electron chi connectivity index (χ2n) is 5.79. The summed E-state index contributed by atoms with van der Waals surface area (Å²) >= 11 is 6.19. The topological polar surface area (TPSA) is 0 Å². The van der Waals surface area contributed by atoms with Crippen LogP contribution < -0.4 is 0 Å². The minimum absolute atomic E-state index is 0.831. The van der Waals surface area contributed by atoms with E-state index in [4.69, 9.17) is 11.6 Å². The normalized spacial score (nSPS) is 10.7. The Balaban J connectivity index is 1.98. The zero-order chi connectivity index (χ0) is 15.7. The Hall–Kier alpha value is -2.05. The number of benzene rings is 3. The van der Waals surface area contributed by atoms with E-state index in [0.717, 1.165) is 10.6 Å². The van der Waals surface area contributed by atoms with Gasteiger partial charge in [-0.2, -0.15) is 0 Å². The lowest BCUT2D eigenvalue weighted by Crippen LogP contribution is -1.88. The summed E-state index contributed by atoms with van der Waals surface area (Å²) in [6.07, 6.45) is 0. The predicted molar refractivity (Wildman–Crippen MR) is 96.5 cm³/mol. The molecule has 0 amide bonds. The molecule has 0 saturated carbocycles. The first-order chi connectivity index (χ1) is 10.6. The standard InChI is InChI=1S/C21H19Cl/c1-14-4-6-17(7-5-14)18-8-10-19(11-9-18)20-12-13-21(22)16(3)15(20)2/h4-13H,1-3H3. The lowest BCUT2D eigenvalue weighted by Gasteiger charge is -2.11. The lowest BCUT2D eigenvalue weighted by atomic mass is 9.95. The highest BCUT2D eigenvalue weighted by atomic mass is 35.5. The Kier molecular flexibility index (Phi) is 4.04. The van der Waals surface area contributed by atoms with Crippen molar-refractivity contribution in [3.8, 4) is 22.3 Å². The molecule has 0 heterocycles. The number of hydrogen-bond acceptors (Lipinski definition) is 0. The van der Waals surface area contributed by atoms with Crippen molar-refractivity contribution in [2.45, 2.75) is 20.8 Å². The molecule has 0 aliphatic rings. The average molecular weight is 307 g/mol. The molecule has 0 N–H and O–H groups in total. The fourth-order valence-electron chi connectivity index (χ4n) is 2.69. The highest BCUT2D eigenvalue weighted by Gasteiger charge is 2.07. The third kappa shape index (κ3) is 2.80. The van der Waals surface area contributed by atoms with Crippen molar-refractivity contribution < 1.29 is 0 Å². The van der Waals surface area contributed by atoms with Gasteiger partial charge < -0.3 is 0 Å². The van der Waals surface area contributed by atoms with Crippen LogP contribution in [0.25, 0.3) is 22.3 Å². The highest BCUT2D eigenvalue weighted by molar-refractivity contribution is 6.31. The summed E-state index contributed by atoms with van der Waals surface area (Å²) in [5.74, 6) is 0. The van der Waals surface area contributed by atoms with E-state index in [-0.39, 0.29) is 0 Å². The minimum Gasteiger partial charge on any atom is -0.0840 e. The molecule has 110 valence electrons. The van der Waals surface area contributed by atoms with Gasteiger partial charge in [-0.3, -0.25) is 0 Å². The first-order valence-electron chi connectivity index (χ1n) is 7.49. The molecule has 0 aromatic heterocycles. The molecule has 3 aromatic rings. The fraction of sp³-hybridized carbons (Fsp3) is 0.143. The van der Waals surface area contributed by atoms with Gasteiger partial charge in [-0.1, -0.05) is 71.8 Å². The van der Waals surface area contributed by atoms with Gasteiger partial charge >= 0.3 is 0 Å². The van der Waals surface area contributed by atoms with Gasteiger partial charge in [-0.05, 0) is 60.2 Å². The van der Waals surface area contributed by atoms with Crippen LogP contribution in [0.4, 0.5) is 0 Å². The van der Waals surface area contributed by atoms with Crippen molar-refractivity contribution in [1.29, 1.82) is 0 Å². The zero-order valence-corrected chi connectivity index (χ0v) is 13.9. The van der Waals surface area contributed by atoms with E-state index in [9.17, 15) is 0 Å². The molecule has 1 heteroatoms. The monoisotopic (exact) mass is 306 g/mol. The molecule has 0 aliphatic carbocycles. The molecule has 0 radical (unpaired) electrons. The lowest BCUT2D eigenvalue weighted by molar-refractivity contribution is 1.34. The highest BCUT2D eigenvalue weighted by Crippen LogP contribution is 2.31. The van der Waals surface area contributed by atoms with Crippen LogP contribution in [0.5, 0.6) is 0 Å². The Morgan fingerprint density at radius 2 is 1.05 bits per heavy atom. The van der Waals surface area contributed by atoms with Crippen LogP contribution in [-0.2, 0) is 0 Å². The second-order valence-corrected chi connectivity index (χ2v) is 6.20. The fourth-order valence-corrected chi connectivity index (χ4v) is 2.89. The Morgan fingerprint density at radius 1 is 0.545 bits per heavy atom. The molecule has 22 heavy (non-hydrogen) atoms. The number of hydrogen-bond donors (Lipinski definition) is 0. The van der Waals surface area contributed by atoms with Gasteiger partial charge in [0, 0.05) is 5.02 Å². The van der Waals surface area contributed by atoms with E-state index >= 15 is 0 Å². The van der Waals surface area contributed by atoms with E-state index in [1.807, 2.05) is 6.07 Å². The number of rotatable bonds is 2. The van der Waals surface area contributed by atoms with Crippen molar-refractivity contribution in [1.82, 2.24) is 0 Å². The first-order valence-corrected chi connectivity index (χ1v) is 7.87. The van der Waals surface area contributed by atoms with Crippen LogP contribution in [0, 0.1) is 20.8 Å². The Morgan fingerprint density at radius 3 is 1.64 bits per heavy atom. The third-order valence-corrected chi connectivity index (χ3v) is 4.71. The molecule has 0 bridgehead atoms. The Bertz CT molecular complexity index is 797. The van der Waals surface area contributed by atoms with Gasteiger partial charge in [0.2, 0.25) is 0 Å². The van der Waals surface area contributed by atoms with Gasteiger partial charge in [0.15, 0.2) is 0 Å². The van der Waals surface area contributed by atoms with Gasteiger partial charge in [0.25, 0.3) is 0 Å². The molecular weight excluding hydrogens is 288 g/mol. The number of aryl methyl sites for hydroxylation is 1. The van der Waals surface area contributed by atoms with E-state index in [0.29, 0.717) is 0 Å². The van der Waals surface area contributed by atoms with Crippen LogP contribution >= 0.6 is 11.6 Å². The summed E-state index contributed by atoms with van der Waals surface area (Å²) < 4.78 is 0. The maximum absolute atomic E-state index is 6.19. The van der Waals surface area contributed by atoms with Crippen LogP contribution in [-0.4, -0.2) is 0 Å². The molecule has 0 atom stereocenters. The van der Waals surface area contributed by atoms with Crippen LogP contribution in [0.2, 0.25) is 5.02 Å². The predicted octanol–water partition coefficient (Wildman–Crippen LogP) is 6.60. The third-order valence-electron chi connectivity index (χ3n) is 4.30. The van der Waals surface area contributed by atoms with Crippen LogP contribution in [0.1, 0.15) is 16.7 Å².